The third-order valence-electron chi connectivity index (χ3n) is 3.11. The molecule has 5 nitrogen and oxygen atoms in total. The molecular weight excluding hydrogens is 332 g/mol. The van der Waals surface area contributed by atoms with Crippen LogP contribution in [0.25, 0.3) is 5.65 Å². The smallest absolute Gasteiger partial charge is 0.180 e. The Hall–Kier alpha value is -1.92. The van der Waals surface area contributed by atoms with E-state index >= 15 is 0 Å². The Bertz CT molecular complexity index is 756. The van der Waals surface area contributed by atoms with Crippen LogP contribution in [0.3, 0.4) is 0 Å². The number of methoxy groups -OCH3 is 1. The van der Waals surface area contributed by atoms with Crippen LogP contribution in [0.4, 0.5) is 5.82 Å². The molecule has 3 rings (SSSR count). The first-order valence-corrected chi connectivity index (χ1v) is 7.35. The third kappa shape index (κ3) is 3.22. The Labute approximate surface area is 131 Å². The summed E-state index contributed by atoms with van der Waals surface area (Å²) in [5.41, 5.74) is 3.15. The van der Waals surface area contributed by atoms with Gasteiger partial charge in [0.2, 0.25) is 0 Å². The van der Waals surface area contributed by atoms with E-state index in [1.54, 1.807) is 13.3 Å². The summed E-state index contributed by atoms with van der Waals surface area (Å²) >= 11 is 3.41. The van der Waals surface area contributed by atoms with Gasteiger partial charge in [-0.2, -0.15) is 0 Å². The van der Waals surface area contributed by atoms with Crippen LogP contribution in [0.5, 0.6) is 0 Å². The first kappa shape index (κ1) is 14.0. The Morgan fingerprint density at radius 2 is 2.19 bits per heavy atom. The van der Waals surface area contributed by atoms with Gasteiger partial charge in [0.15, 0.2) is 11.5 Å². The predicted octanol–water partition coefficient (Wildman–Crippen LogP) is 3.25. The van der Waals surface area contributed by atoms with Gasteiger partial charge >= 0.3 is 0 Å². The summed E-state index contributed by atoms with van der Waals surface area (Å²) in [6.45, 7) is 1.30. The quantitative estimate of drug-likeness (QED) is 0.770. The van der Waals surface area contributed by atoms with Gasteiger partial charge in [-0.05, 0) is 27.1 Å². The molecule has 1 aromatic carbocycles. The number of nitrogens with one attached hydrogen (secondary N) is 1. The van der Waals surface area contributed by atoms with Crippen LogP contribution in [0.1, 0.15) is 11.1 Å². The Balaban J connectivity index is 1.80. The lowest BCUT2D eigenvalue weighted by Gasteiger charge is -2.09. The fourth-order valence-electron chi connectivity index (χ4n) is 2.20. The monoisotopic (exact) mass is 346 g/mol. The van der Waals surface area contributed by atoms with Crippen molar-refractivity contribution < 1.29 is 4.74 Å². The number of ether oxygens (including phenoxy) is 1. The van der Waals surface area contributed by atoms with E-state index in [1.807, 2.05) is 22.9 Å². The molecule has 2 aromatic heterocycles. The maximum absolute atomic E-state index is 5.16. The van der Waals surface area contributed by atoms with Crippen LogP contribution < -0.4 is 5.32 Å². The van der Waals surface area contributed by atoms with Gasteiger partial charge in [0.25, 0.3) is 0 Å². The van der Waals surface area contributed by atoms with Crippen molar-refractivity contribution in [3.8, 4) is 0 Å². The van der Waals surface area contributed by atoms with Gasteiger partial charge in [-0.25, -0.2) is 9.97 Å². The Kier molecular flexibility index (Phi) is 4.17. The van der Waals surface area contributed by atoms with E-state index in [-0.39, 0.29) is 0 Å². The van der Waals surface area contributed by atoms with Gasteiger partial charge < -0.3 is 14.5 Å². The molecule has 0 amide bonds. The predicted molar refractivity (Wildman–Crippen MR) is 85.2 cm³/mol. The SMILES string of the molecule is COCc1cccc(CNc2nc(Br)cn3ccnc23)c1. The Morgan fingerprint density at radius 3 is 3.05 bits per heavy atom. The number of fused-ring (bicyclic) bond motifs is 1. The summed E-state index contributed by atoms with van der Waals surface area (Å²) in [5.74, 6) is 0.756. The number of imidazole rings is 1. The van der Waals surface area contributed by atoms with Gasteiger partial charge in [0.05, 0.1) is 6.61 Å². The van der Waals surface area contributed by atoms with Gasteiger partial charge in [-0.3, -0.25) is 0 Å². The second kappa shape index (κ2) is 6.24. The van der Waals surface area contributed by atoms with Gasteiger partial charge in [-0.15, -0.1) is 0 Å². The average Bonchev–Trinajstić information content (AvgIpc) is 2.93. The minimum absolute atomic E-state index is 0.619. The summed E-state index contributed by atoms with van der Waals surface area (Å²) in [5, 5.41) is 3.33. The molecule has 0 bridgehead atoms. The summed E-state index contributed by atoms with van der Waals surface area (Å²) in [7, 11) is 1.70. The van der Waals surface area contributed by atoms with Crippen molar-refractivity contribution in [1.29, 1.82) is 0 Å². The molecule has 0 saturated heterocycles. The highest BCUT2D eigenvalue weighted by atomic mass is 79.9. The van der Waals surface area contributed by atoms with Crippen molar-refractivity contribution in [2.75, 3.05) is 12.4 Å². The molecule has 0 unspecified atom stereocenters. The zero-order chi connectivity index (χ0) is 14.7. The second-order valence-electron chi connectivity index (χ2n) is 4.68. The highest BCUT2D eigenvalue weighted by Crippen LogP contribution is 2.18. The van der Waals surface area contributed by atoms with Crippen LogP contribution in [-0.2, 0) is 17.9 Å². The zero-order valence-corrected chi connectivity index (χ0v) is 13.2. The molecule has 0 saturated carbocycles. The van der Waals surface area contributed by atoms with E-state index in [0.717, 1.165) is 21.6 Å². The van der Waals surface area contributed by atoms with Crippen molar-refractivity contribution in [1.82, 2.24) is 14.4 Å². The van der Waals surface area contributed by atoms with Crippen LogP contribution in [-0.4, -0.2) is 21.5 Å². The van der Waals surface area contributed by atoms with Crippen molar-refractivity contribution in [2.45, 2.75) is 13.2 Å². The highest BCUT2D eigenvalue weighted by Gasteiger charge is 2.06. The summed E-state index contributed by atoms with van der Waals surface area (Å²) in [4.78, 5) is 8.76. The number of anilines is 1. The molecule has 3 aromatic rings. The zero-order valence-electron chi connectivity index (χ0n) is 11.6. The number of halogens is 1. The van der Waals surface area contributed by atoms with E-state index in [0.29, 0.717) is 13.2 Å². The molecule has 0 atom stereocenters. The molecule has 2 heterocycles. The molecule has 0 fully saturated rings. The molecule has 0 aliphatic heterocycles. The molecule has 0 spiro atoms. The van der Waals surface area contributed by atoms with E-state index in [4.69, 9.17) is 4.74 Å². The lowest BCUT2D eigenvalue weighted by atomic mass is 10.1. The lowest BCUT2D eigenvalue weighted by Crippen LogP contribution is -2.04. The fourth-order valence-corrected chi connectivity index (χ4v) is 2.60. The number of benzene rings is 1. The van der Waals surface area contributed by atoms with Gasteiger partial charge in [0.1, 0.15) is 4.60 Å². The summed E-state index contributed by atoms with van der Waals surface area (Å²) in [6, 6.07) is 8.28. The van der Waals surface area contributed by atoms with Crippen molar-refractivity contribution in [3.05, 3.63) is 58.6 Å². The van der Waals surface area contributed by atoms with E-state index < -0.39 is 0 Å². The fraction of sp³-hybridized carbons (Fsp3) is 0.200. The topological polar surface area (TPSA) is 51.5 Å². The van der Waals surface area contributed by atoms with E-state index in [1.165, 1.54) is 5.56 Å². The highest BCUT2D eigenvalue weighted by molar-refractivity contribution is 9.10. The van der Waals surface area contributed by atoms with Crippen molar-refractivity contribution in [3.63, 3.8) is 0 Å². The molecule has 0 radical (unpaired) electrons. The normalized spacial score (nSPS) is 11.0. The third-order valence-corrected chi connectivity index (χ3v) is 3.49. The van der Waals surface area contributed by atoms with E-state index in [2.05, 4.69) is 49.4 Å². The Morgan fingerprint density at radius 1 is 1.33 bits per heavy atom. The lowest BCUT2D eigenvalue weighted by molar-refractivity contribution is 0.185. The maximum Gasteiger partial charge on any atom is 0.180 e. The largest absolute Gasteiger partial charge is 0.380 e. The molecule has 0 aliphatic carbocycles. The van der Waals surface area contributed by atoms with Crippen LogP contribution in [0, 0.1) is 0 Å². The molecule has 6 heteroatoms. The number of nitrogens with zero attached hydrogens (tertiary/aromatic N) is 3. The van der Waals surface area contributed by atoms with Crippen LogP contribution >= 0.6 is 15.9 Å². The first-order valence-electron chi connectivity index (χ1n) is 6.56. The van der Waals surface area contributed by atoms with Crippen molar-refractivity contribution in [2.24, 2.45) is 0 Å². The number of hydrogen-bond acceptors (Lipinski definition) is 4. The second-order valence-corrected chi connectivity index (χ2v) is 5.49. The average molecular weight is 347 g/mol. The van der Waals surface area contributed by atoms with Crippen LogP contribution in [0.15, 0.2) is 47.5 Å². The van der Waals surface area contributed by atoms with Gasteiger partial charge in [0, 0.05) is 32.2 Å². The summed E-state index contributed by atoms with van der Waals surface area (Å²) < 4.78 is 7.85. The molecular formula is C15H15BrN4O. The van der Waals surface area contributed by atoms with E-state index in [9.17, 15) is 0 Å². The maximum atomic E-state index is 5.16. The molecule has 21 heavy (non-hydrogen) atoms. The summed E-state index contributed by atoms with van der Waals surface area (Å²) in [6.07, 6.45) is 5.53. The first-order chi connectivity index (χ1) is 10.3. The number of hydrogen-bond donors (Lipinski definition) is 1. The molecule has 0 aliphatic rings. The number of rotatable bonds is 5. The molecule has 108 valence electrons. The standard InChI is InChI=1S/C15H15BrN4O/c1-21-10-12-4-2-3-11(7-12)8-18-14-15-17-5-6-20(15)9-13(16)19-14/h2-7,9H,8,10H2,1H3,(H,18,19). The minimum Gasteiger partial charge on any atom is -0.380 e. The minimum atomic E-state index is 0.619. The van der Waals surface area contributed by atoms with Crippen LogP contribution in [0.2, 0.25) is 0 Å². The van der Waals surface area contributed by atoms with Crippen molar-refractivity contribution >= 4 is 27.4 Å². The number of aromatic nitrogens is 3. The van der Waals surface area contributed by atoms with Gasteiger partial charge in [-0.1, -0.05) is 24.3 Å². The molecule has 1 N–H and O–H groups in total.